The third-order valence-corrected chi connectivity index (χ3v) is 12.7. The van der Waals surface area contributed by atoms with Crippen molar-refractivity contribution >= 4 is 18.1 Å². The second-order valence-corrected chi connectivity index (χ2v) is 16.9. The summed E-state index contributed by atoms with van der Waals surface area (Å²) in [4.78, 5) is 36.6. The second-order valence-electron chi connectivity index (χ2n) is 16.9. The van der Waals surface area contributed by atoms with Crippen molar-refractivity contribution in [2.24, 2.45) is 29.1 Å². The molecule has 0 saturated heterocycles. The van der Waals surface area contributed by atoms with Crippen molar-refractivity contribution in [2.45, 2.75) is 136 Å². The molecule has 0 bridgehead atoms. The lowest BCUT2D eigenvalue weighted by molar-refractivity contribution is -0.145. The highest BCUT2D eigenvalue weighted by Crippen LogP contribution is 2.49. The van der Waals surface area contributed by atoms with E-state index in [0.717, 1.165) is 86.8 Å². The van der Waals surface area contributed by atoms with Gasteiger partial charge in [0.15, 0.2) is 0 Å². The van der Waals surface area contributed by atoms with Gasteiger partial charge >= 0.3 is 18.1 Å². The second kappa shape index (κ2) is 18.1. The Bertz CT molecular complexity index is 1450. The number of methoxy groups -OCH3 is 1. The van der Waals surface area contributed by atoms with Gasteiger partial charge in [0.1, 0.15) is 11.9 Å². The minimum absolute atomic E-state index is 0.101. The van der Waals surface area contributed by atoms with Crippen LogP contribution in [-0.2, 0) is 40.4 Å². The lowest BCUT2D eigenvalue weighted by atomic mass is 9.60. The van der Waals surface area contributed by atoms with Gasteiger partial charge in [-0.05, 0) is 129 Å². The molecule has 0 radical (unpaired) electrons. The molecule has 3 fully saturated rings. The molecule has 3 aliphatic rings. The summed E-state index contributed by atoms with van der Waals surface area (Å²) in [6, 6.07) is 15.7. The summed E-state index contributed by atoms with van der Waals surface area (Å²) in [5.41, 5.74) is 3.07. The predicted molar refractivity (Wildman–Crippen MR) is 201 cm³/mol. The van der Waals surface area contributed by atoms with Crippen molar-refractivity contribution in [2.75, 3.05) is 20.3 Å². The maximum atomic E-state index is 12.8. The molecular formula is C44H62O8. The van der Waals surface area contributed by atoms with Gasteiger partial charge in [-0.2, -0.15) is 0 Å². The minimum Gasteiger partial charge on any atom is -0.466 e. The largest absolute Gasteiger partial charge is 0.514 e. The van der Waals surface area contributed by atoms with Gasteiger partial charge in [0.25, 0.3) is 0 Å². The van der Waals surface area contributed by atoms with Gasteiger partial charge in [-0.3, -0.25) is 9.59 Å². The smallest absolute Gasteiger partial charge is 0.466 e. The molecule has 8 heteroatoms. The van der Waals surface area contributed by atoms with E-state index in [4.69, 9.17) is 23.7 Å². The van der Waals surface area contributed by atoms with E-state index in [0.29, 0.717) is 42.8 Å². The molecule has 0 heterocycles. The Morgan fingerprint density at radius 2 is 1.19 bits per heavy atom. The molecule has 0 amide bonds. The number of rotatable bonds is 13. The van der Waals surface area contributed by atoms with Crippen LogP contribution in [0.3, 0.4) is 0 Å². The van der Waals surface area contributed by atoms with Gasteiger partial charge in [0.05, 0.1) is 25.7 Å². The average molecular weight is 719 g/mol. The molecule has 0 aliphatic heterocycles. The van der Waals surface area contributed by atoms with Crippen LogP contribution in [0.1, 0.15) is 128 Å². The van der Waals surface area contributed by atoms with Crippen LogP contribution in [0, 0.1) is 29.1 Å². The summed E-state index contributed by atoms with van der Waals surface area (Å²) in [7, 11) is 1.83. The van der Waals surface area contributed by atoms with Gasteiger partial charge in [0.2, 0.25) is 0 Å². The van der Waals surface area contributed by atoms with E-state index in [1.807, 2.05) is 43.5 Å². The quantitative estimate of drug-likeness (QED) is 0.115. The SMILES string of the molecule is COC1CCC(C(C)(C)C2CCC(OC(=O)Oc3ccc(C(C)(C)c4ccc(CC(=O)OCC5CCCC(COC(C)=O)C5)cc4)cc3)CC2)CC1. The van der Waals surface area contributed by atoms with Crippen LogP contribution in [0.5, 0.6) is 5.75 Å². The summed E-state index contributed by atoms with van der Waals surface area (Å²) in [6.07, 6.45) is 12.7. The molecule has 2 atom stereocenters. The highest BCUT2D eigenvalue weighted by Gasteiger charge is 2.41. The van der Waals surface area contributed by atoms with Gasteiger partial charge in [0, 0.05) is 19.4 Å². The molecular weight excluding hydrogens is 656 g/mol. The van der Waals surface area contributed by atoms with Crippen LogP contribution < -0.4 is 4.74 Å². The monoisotopic (exact) mass is 718 g/mol. The molecule has 2 aromatic rings. The van der Waals surface area contributed by atoms with Crippen LogP contribution in [0.15, 0.2) is 48.5 Å². The van der Waals surface area contributed by atoms with Crippen LogP contribution in [-0.4, -0.2) is 50.6 Å². The van der Waals surface area contributed by atoms with Crippen molar-refractivity contribution in [3.8, 4) is 5.75 Å². The fourth-order valence-corrected chi connectivity index (χ4v) is 9.07. The number of carbonyl (C=O) groups is 3. The molecule has 0 N–H and O–H groups in total. The first-order valence-corrected chi connectivity index (χ1v) is 19.7. The van der Waals surface area contributed by atoms with E-state index in [9.17, 15) is 14.4 Å². The molecule has 3 aliphatic carbocycles. The summed E-state index contributed by atoms with van der Waals surface area (Å²) in [5.74, 6) is 2.01. The van der Waals surface area contributed by atoms with Crippen molar-refractivity contribution in [1.29, 1.82) is 0 Å². The van der Waals surface area contributed by atoms with Crippen molar-refractivity contribution < 1.29 is 38.1 Å². The lowest BCUT2D eigenvalue weighted by Crippen LogP contribution is -2.39. The first kappa shape index (κ1) is 39.8. The van der Waals surface area contributed by atoms with E-state index >= 15 is 0 Å². The third-order valence-electron chi connectivity index (χ3n) is 12.7. The number of ether oxygens (including phenoxy) is 5. The van der Waals surface area contributed by atoms with Crippen LogP contribution in [0.4, 0.5) is 4.79 Å². The van der Waals surface area contributed by atoms with Crippen LogP contribution >= 0.6 is 0 Å². The summed E-state index contributed by atoms with van der Waals surface area (Å²) in [6.45, 7) is 11.5. The Hall–Kier alpha value is -3.39. The number of benzene rings is 2. The maximum absolute atomic E-state index is 12.8. The fraction of sp³-hybridized carbons (Fsp3) is 0.659. The van der Waals surface area contributed by atoms with Gasteiger partial charge in [-0.15, -0.1) is 0 Å². The van der Waals surface area contributed by atoms with Gasteiger partial charge < -0.3 is 23.7 Å². The Morgan fingerprint density at radius 3 is 1.73 bits per heavy atom. The van der Waals surface area contributed by atoms with Crippen LogP contribution in [0.25, 0.3) is 0 Å². The average Bonchev–Trinajstić information content (AvgIpc) is 3.14. The van der Waals surface area contributed by atoms with Crippen LogP contribution in [0.2, 0.25) is 0 Å². The standard InChI is InChI=1S/C44H62O8/c1-30(45)49-28-32-8-7-9-33(26-32)29-50-41(46)27-31-10-12-34(13-11-31)43(2,3)36-16-22-39(23-17-36)51-42(47)52-40-24-18-37(19-25-40)44(4,5)35-14-20-38(48-6)21-15-35/h10-13,16-17,22-23,32-33,35,37-38,40H,7-9,14-15,18-21,24-29H2,1-6H3. The third kappa shape index (κ3) is 10.8. The molecule has 3 saturated carbocycles. The Morgan fingerprint density at radius 1 is 0.673 bits per heavy atom. The van der Waals surface area contributed by atoms with E-state index < -0.39 is 6.16 Å². The molecule has 8 nitrogen and oxygen atoms in total. The Labute approximate surface area is 311 Å². The van der Waals surface area contributed by atoms with Crippen molar-refractivity contribution in [1.82, 2.24) is 0 Å². The fourth-order valence-electron chi connectivity index (χ4n) is 9.07. The van der Waals surface area contributed by atoms with E-state index in [1.54, 1.807) is 0 Å². The predicted octanol–water partition coefficient (Wildman–Crippen LogP) is 9.77. The molecule has 0 spiro atoms. The maximum Gasteiger partial charge on any atom is 0.514 e. The zero-order valence-electron chi connectivity index (χ0n) is 32.5. The molecule has 52 heavy (non-hydrogen) atoms. The highest BCUT2D eigenvalue weighted by atomic mass is 16.7. The first-order chi connectivity index (χ1) is 24.8. The zero-order chi connectivity index (χ0) is 37.3. The van der Waals surface area contributed by atoms with E-state index in [-0.39, 0.29) is 35.3 Å². The molecule has 5 rings (SSSR count). The normalized spacial score (nSPS) is 25.5. The van der Waals surface area contributed by atoms with Crippen molar-refractivity contribution in [3.63, 3.8) is 0 Å². The molecule has 2 unspecified atom stereocenters. The minimum atomic E-state index is -0.635. The first-order valence-electron chi connectivity index (χ1n) is 19.7. The molecule has 0 aromatic heterocycles. The topological polar surface area (TPSA) is 97.4 Å². The highest BCUT2D eigenvalue weighted by molar-refractivity contribution is 5.72. The molecule has 286 valence electrons. The van der Waals surface area contributed by atoms with Gasteiger partial charge in [-0.1, -0.05) is 70.5 Å². The summed E-state index contributed by atoms with van der Waals surface area (Å²) >= 11 is 0. The van der Waals surface area contributed by atoms with E-state index in [2.05, 4.69) is 39.8 Å². The number of hydrogen-bond acceptors (Lipinski definition) is 8. The summed E-state index contributed by atoms with van der Waals surface area (Å²) in [5, 5.41) is 0. The molecule has 2 aromatic carbocycles. The Kier molecular flexibility index (Phi) is 13.9. The number of carbonyl (C=O) groups excluding carboxylic acids is 3. The Balaban J connectivity index is 1.04. The lowest BCUT2D eigenvalue weighted by Gasteiger charge is -2.46. The number of hydrogen-bond donors (Lipinski definition) is 0. The number of esters is 2. The summed E-state index contributed by atoms with van der Waals surface area (Å²) < 4.78 is 27.8. The zero-order valence-corrected chi connectivity index (χ0v) is 32.5. The van der Waals surface area contributed by atoms with Gasteiger partial charge in [-0.25, -0.2) is 4.79 Å². The van der Waals surface area contributed by atoms with Crippen molar-refractivity contribution in [3.05, 3.63) is 65.2 Å². The van der Waals surface area contributed by atoms with E-state index in [1.165, 1.54) is 19.8 Å².